The van der Waals surface area contributed by atoms with E-state index in [4.69, 9.17) is 14.2 Å². The molecule has 0 bridgehead atoms. The van der Waals surface area contributed by atoms with E-state index in [1.165, 1.54) is 0 Å². The SMILES string of the molecule is CCOC(=O)CS/C(=C\C(=O)OC(C)(C)C)C(=O)OC(C)(C)C. The molecule has 23 heavy (non-hydrogen) atoms. The van der Waals surface area contributed by atoms with Crippen molar-refractivity contribution in [3.8, 4) is 0 Å². The highest BCUT2D eigenvalue weighted by atomic mass is 32.2. The molecule has 6 nitrogen and oxygen atoms in total. The molecule has 0 atom stereocenters. The van der Waals surface area contributed by atoms with Crippen LogP contribution in [0.5, 0.6) is 0 Å². The summed E-state index contributed by atoms with van der Waals surface area (Å²) in [5, 5.41) is 0. The fourth-order valence-electron chi connectivity index (χ4n) is 1.27. The third-order valence-corrected chi connectivity index (χ3v) is 2.88. The molecule has 0 amide bonds. The standard InChI is InChI=1S/C16H26O6S/c1-8-20-13(18)10-23-11(14(19)22-16(5,6)7)9-12(17)21-15(2,3)4/h9H,8,10H2,1-7H3/b11-9-. The molecule has 0 rings (SSSR count). The van der Waals surface area contributed by atoms with Crippen molar-refractivity contribution in [2.45, 2.75) is 59.7 Å². The molecule has 0 saturated heterocycles. The largest absolute Gasteiger partial charge is 0.465 e. The predicted molar refractivity (Wildman–Crippen MR) is 88.9 cm³/mol. The smallest absolute Gasteiger partial charge is 0.345 e. The fourth-order valence-corrected chi connectivity index (χ4v) is 1.96. The van der Waals surface area contributed by atoms with Crippen molar-refractivity contribution >= 4 is 29.7 Å². The lowest BCUT2D eigenvalue weighted by atomic mass is 10.2. The van der Waals surface area contributed by atoms with Gasteiger partial charge in [0, 0.05) is 6.08 Å². The van der Waals surface area contributed by atoms with Crippen LogP contribution in [0, 0.1) is 0 Å². The Morgan fingerprint density at radius 1 is 0.957 bits per heavy atom. The van der Waals surface area contributed by atoms with E-state index in [2.05, 4.69) is 0 Å². The zero-order valence-electron chi connectivity index (χ0n) is 14.8. The van der Waals surface area contributed by atoms with Crippen LogP contribution in [0.2, 0.25) is 0 Å². The maximum absolute atomic E-state index is 12.2. The van der Waals surface area contributed by atoms with Crippen LogP contribution >= 0.6 is 11.8 Å². The number of ether oxygens (including phenoxy) is 3. The van der Waals surface area contributed by atoms with Gasteiger partial charge in [0.1, 0.15) is 16.1 Å². The van der Waals surface area contributed by atoms with Crippen LogP contribution in [0.25, 0.3) is 0 Å². The summed E-state index contributed by atoms with van der Waals surface area (Å²) in [6.45, 7) is 12.2. The first kappa shape index (κ1) is 21.5. The lowest BCUT2D eigenvalue weighted by molar-refractivity contribution is -0.151. The third kappa shape index (κ3) is 11.7. The summed E-state index contributed by atoms with van der Waals surface area (Å²) in [5.74, 6) is -1.93. The summed E-state index contributed by atoms with van der Waals surface area (Å²) in [5.41, 5.74) is -1.40. The Kier molecular flexibility index (Phi) is 8.37. The van der Waals surface area contributed by atoms with E-state index in [0.29, 0.717) is 0 Å². The lowest BCUT2D eigenvalue weighted by Crippen LogP contribution is -2.26. The maximum atomic E-state index is 12.2. The lowest BCUT2D eigenvalue weighted by Gasteiger charge is -2.21. The molecule has 0 spiro atoms. The number of rotatable bonds is 6. The Bertz CT molecular complexity index is 468. The van der Waals surface area contributed by atoms with Crippen molar-refractivity contribution < 1.29 is 28.6 Å². The minimum Gasteiger partial charge on any atom is -0.465 e. The van der Waals surface area contributed by atoms with E-state index >= 15 is 0 Å². The molecule has 0 aliphatic carbocycles. The van der Waals surface area contributed by atoms with Crippen LogP contribution in [0.4, 0.5) is 0 Å². The number of hydrogen-bond acceptors (Lipinski definition) is 7. The molecule has 0 radical (unpaired) electrons. The summed E-state index contributed by atoms with van der Waals surface area (Å²) >= 11 is 0.884. The summed E-state index contributed by atoms with van der Waals surface area (Å²) in [4.78, 5) is 35.5. The maximum Gasteiger partial charge on any atom is 0.345 e. The van der Waals surface area contributed by atoms with Crippen LogP contribution in [0.15, 0.2) is 11.0 Å². The van der Waals surface area contributed by atoms with Gasteiger partial charge in [-0.3, -0.25) is 4.79 Å². The van der Waals surface area contributed by atoms with E-state index in [9.17, 15) is 14.4 Å². The molecule has 0 aliphatic rings. The molecule has 0 fully saturated rings. The normalized spacial score (nSPS) is 12.6. The van der Waals surface area contributed by atoms with Gasteiger partial charge in [0.25, 0.3) is 0 Å². The van der Waals surface area contributed by atoms with Crippen LogP contribution in [-0.2, 0) is 28.6 Å². The first-order valence-corrected chi connectivity index (χ1v) is 8.29. The van der Waals surface area contributed by atoms with Crippen molar-refractivity contribution in [1.29, 1.82) is 0 Å². The van der Waals surface area contributed by atoms with Gasteiger partial charge < -0.3 is 14.2 Å². The molecule has 0 aliphatic heterocycles. The molecule has 0 N–H and O–H groups in total. The van der Waals surface area contributed by atoms with Gasteiger partial charge in [0.05, 0.1) is 12.4 Å². The first-order valence-electron chi connectivity index (χ1n) is 7.30. The van der Waals surface area contributed by atoms with Gasteiger partial charge in [-0.1, -0.05) is 0 Å². The predicted octanol–water partition coefficient (Wildman–Crippen LogP) is 2.85. The first-order chi connectivity index (χ1) is 10.3. The quantitative estimate of drug-likeness (QED) is 0.416. The highest BCUT2D eigenvalue weighted by molar-refractivity contribution is 8.04. The second kappa shape index (κ2) is 8.96. The van der Waals surface area contributed by atoms with E-state index in [0.717, 1.165) is 17.8 Å². The molecule has 132 valence electrons. The van der Waals surface area contributed by atoms with Crippen molar-refractivity contribution in [2.24, 2.45) is 0 Å². The van der Waals surface area contributed by atoms with E-state index < -0.39 is 29.1 Å². The Morgan fingerprint density at radius 3 is 1.91 bits per heavy atom. The van der Waals surface area contributed by atoms with Crippen LogP contribution < -0.4 is 0 Å². The molecular weight excluding hydrogens is 320 g/mol. The Hall–Kier alpha value is -1.50. The molecule has 7 heteroatoms. The summed E-state index contributed by atoms with van der Waals surface area (Å²) in [7, 11) is 0. The van der Waals surface area contributed by atoms with Crippen molar-refractivity contribution in [2.75, 3.05) is 12.4 Å². The molecular formula is C16H26O6S. The number of carbonyl (C=O) groups excluding carboxylic acids is 3. The van der Waals surface area contributed by atoms with Gasteiger partial charge in [-0.15, -0.1) is 11.8 Å². The van der Waals surface area contributed by atoms with Crippen molar-refractivity contribution in [1.82, 2.24) is 0 Å². The number of esters is 3. The summed E-state index contributed by atoms with van der Waals surface area (Å²) in [6, 6.07) is 0. The average molecular weight is 346 g/mol. The molecule has 0 aromatic rings. The second-order valence-corrected chi connectivity index (χ2v) is 7.65. The highest BCUT2D eigenvalue weighted by Crippen LogP contribution is 2.22. The minimum absolute atomic E-state index is 0.00206. The van der Waals surface area contributed by atoms with E-state index in [1.807, 2.05) is 0 Å². The third-order valence-electron chi connectivity index (χ3n) is 1.91. The number of carbonyl (C=O) groups is 3. The Balaban J connectivity index is 5.09. The number of thioether (sulfide) groups is 1. The monoisotopic (exact) mass is 346 g/mol. The van der Waals surface area contributed by atoms with Gasteiger partial charge in [-0.05, 0) is 48.5 Å². The zero-order valence-corrected chi connectivity index (χ0v) is 15.7. The van der Waals surface area contributed by atoms with Gasteiger partial charge in [0.15, 0.2) is 0 Å². The molecule has 0 unspecified atom stereocenters. The average Bonchev–Trinajstić information content (AvgIpc) is 2.30. The summed E-state index contributed by atoms with van der Waals surface area (Å²) in [6.07, 6.45) is 1.04. The van der Waals surface area contributed by atoms with E-state index in [1.54, 1.807) is 48.5 Å². The van der Waals surface area contributed by atoms with E-state index in [-0.39, 0.29) is 17.3 Å². The second-order valence-electron chi connectivity index (χ2n) is 6.64. The molecule has 0 aromatic carbocycles. The Morgan fingerprint density at radius 2 is 1.48 bits per heavy atom. The van der Waals surface area contributed by atoms with Crippen molar-refractivity contribution in [3.05, 3.63) is 11.0 Å². The molecule has 0 saturated carbocycles. The summed E-state index contributed by atoms with van der Waals surface area (Å²) < 4.78 is 15.2. The van der Waals surface area contributed by atoms with Crippen molar-refractivity contribution in [3.63, 3.8) is 0 Å². The fraction of sp³-hybridized carbons (Fsp3) is 0.688. The number of hydrogen-bond donors (Lipinski definition) is 0. The Labute approximate surface area is 141 Å². The van der Waals surface area contributed by atoms with Gasteiger partial charge in [0.2, 0.25) is 0 Å². The van der Waals surface area contributed by atoms with Gasteiger partial charge in [-0.2, -0.15) is 0 Å². The van der Waals surface area contributed by atoms with Crippen LogP contribution in [0.1, 0.15) is 48.5 Å². The molecule has 0 aromatic heterocycles. The van der Waals surface area contributed by atoms with Crippen LogP contribution in [0.3, 0.4) is 0 Å². The highest BCUT2D eigenvalue weighted by Gasteiger charge is 2.23. The zero-order chi connectivity index (χ0) is 18.3. The molecule has 0 heterocycles. The van der Waals surface area contributed by atoms with Gasteiger partial charge in [-0.25, -0.2) is 9.59 Å². The van der Waals surface area contributed by atoms with Crippen LogP contribution in [-0.4, -0.2) is 41.5 Å². The topological polar surface area (TPSA) is 78.9 Å². The van der Waals surface area contributed by atoms with Gasteiger partial charge >= 0.3 is 17.9 Å². The minimum atomic E-state index is -0.714.